The lowest BCUT2D eigenvalue weighted by atomic mass is 9.96. The van der Waals surface area contributed by atoms with Gasteiger partial charge in [-0.05, 0) is 23.6 Å². The summed E-state index contributed by atoms with van der Waals surface area (Å²) in [6.45, 7) is 2.29. The monoisotopic (exact) mass is 520 g/mol. The van der Waals surface area contributed by atoms with Gasteiger partial charge in [-0.1, -0.05) is 24.3 Å². The first-order chi connectivity index (χ1) is 17.1. The molecule has 2 heterocycles. The summed E-state index contributed by atoms with van der Waals surface area (Å²) in [4.78, 5) is 38.7. The SMILES string of the molecule is COc1cccc2ccc(CN(CCO)Cc3cccs3)nc12.O=C(O)CC(O)(CC(=O)O)C(=O)O. The normalized spacial score (nSPS) is 11.1. The number of hydrogen-bond acceptors (Lipinski definition) is 9. The van der Waals surface area contributed by atoms with E-state index in [0.29, 0.717) is 13.1 Å². The fourth-order valence-corrected chi connectivity index (χ4v) is 4.08. The number of fused-ring (bicyclic) bond motifs is 1. The largest absolute Gasteiger partial charge is 0.494 e. The van der Waals surface area contributed by atoms with Crippen molar-refractivity contribution in [3.05, 3.63) is 58.4 Å². The van der Waals surface area contributed by atoms with E-state index in [1.165, 1.54) is 4.88 Å². The predicted molar refractivity (Wildman–Crippen MR) is 131 cm³/mol. The fraction of sp³-hybridized carbons (Fsp3) is 0.333. The van der Waals surface area contributed by atoms with Crippen LogP contribution in [0.5, 0.6) is 5.75 Å². The smallest absolute Gasteiger partial charge is 0.336 e. The maximum atomic E-state index is 10.3. The van der Waals surface area contributed by atoms with Crippen LogP contribution in [-0.4, -0.2) is 79.2 Å². The zero-order valence-corrected chi connectivity index (χ0v) is 20.3. The van der Waals surface area contributed by atoms with Gasteiger partial charge in [-0.2, -0.15) is 0 Å². The third-order valence-corrected chi connectivity index (χ3v) is 5.87. The minimum Gasteiger partial charge on any atom is -0.494 e. The Hall–Kier alpha value is -3.58. The van der Waals surface area contributed by atoms with E-state index in [1.54, 1.807) is 18.4 Å². The maximum Gasteiger partial charge on any atom is 0.336 e. The Morgan fingerprint density at radius 2 is 1.69 bits per heavy atom. The Kier molecular flexibility index (Phi) is 10.7. The Morgan fingerprint density at radius 3 is 2.22 bits per heavy atom. The molecule has 0 amide bonds. The Bertz CT molecular complexity index is 1150. The van der Waals surface area contributed by atoms with Crippen LogP contribution in [0.4, 0.5) is 0 Å². The first-order valence-corrected chi connectivity index (χ1v) is 11.6. The Morgan fingerprint density at radius 1 is 1.00 bits per heavy atom. The molecule has 2 aromatic heterocycles. The number of ether oxygens (including phenoxy) is 1. The molecule has 0 unspecified atom stereocenters. The molecule has 11 nitrogen and oxygen atoms in total. The first kappa shape index (κ1) is 28.7. The second-order valence-corrected chi connectivity index (χ2v) is 8.86. The highest BCUT2D eigenvalue weighted by Gasteiger charge is 2.40. The molecule has 1 aromatic carbocycles. The van der Waals surface area contributed by atoms with Crippen LogP contribution in [0.3, 0.4) is 0 Å². The van der Waals surface area contributed by atoms with Crippen LogP contribution < -0.4 is 4.74 Å². The molecule has 0 aliphatic carbocycles. The van der Waals surface area contributed by atoms with Crippen LogP contribution in [0.25, 0.3) is 10.9 Å². The zero-order chi connectivity index (χ0) is 26.7. The molecule has 36 heavy (non-hydrogen) atoms. The minimum atomic E-state index is -2.74. The van der Waals surface area contributed by atoms with Gasteiger partial charge in [0.2, 0.25) is 0 Å². The number of pyridine rings is 1. The minimum absolute atomic E-state index is 0.141. The number of aliphatic carboxylic acids is 3. The van der Waals surface area contributed by atoms with E-state index in [1.807, 2.05) is 24.3 Å². The van der Waals surface area contributed by atoms with Gasteiger partial charge >= 0.3 is 17.9 Å². The summed E-state index contributed by atoms with van der Waals surface area (Å²) in [5, 5.41) is 46.3. The van der Waals surface area contributed by atoms with Crippen LogP contribution in [0, 0.1) is 0 Å². The molecule has 0 radical (unpaired) electrons. The Balaban J connectivity index is 0.000000302. The van der Waals surface area contributed by atoms with E-state index in [4.69, 9.17) is 30.1 Å². The quantitative estimate of drug-likeness (QED) is 0.236. The summed E-state index contributed by atoms with van der Waals surface area (Å²) in [5.41, 5.74) is -0.878. The van der Waals surface area contributed by atoms with Crippen molar-refractivity contribution in [1.82, 2.24) is 9.88 Å². The summed E-state index contributed by atoms with van der Waals surface area (Å²) in [5.74, 6) is -4.23. The number of aromatic nitrogens is 1. The molecule has 3 aromatic rings. The molecule has 0 spiro atoms. The number of rotatable bonds is 12. The lowest BCUT2D eigenvalue weighted by molar-refractivity contribution is -0.170. The lowest BCUT2D eigenvalue weighted by Crippen LogP contribution is -2.42. The molecule has 0 aliphatic heterocycles. The van der Waals surface area contributed by atoms with Crippen molar-refractivity contribution in [2.45, 2.75) is 31.5 Å². The van der Waals surface area contributed by atoms with Crippen LogP contribution in [0.15, 0.2) is 47.8 Å². The van der Waals surface area contributed by atoms with Crippen molar-refractivity contribution in [2.75, 3.05) is 20.3 Å². The first-order valence-electron chi connectivity index (χ1n) is 10.8. The standard InChI is InChI=1S/C18H20N2O2S.C6H8O7/c1-22-17-6-2-4-14-7-8-15(19-18(14)17)12-20(9-10-21)13-16-5-3-11-23-16;7-3(8)1-6(13,5(11)12)2-4(9)10/h2-8,11,21H,9-10,12-13H2,1H3;13H,1-2H2,(H,7,8)(H,9,10)(H,11,12). The van der Waals surface area contributed by atoms with Crippen molar-refractivity contribution in [3.8, 4) is 5.75 Å². The summed E-state index contributed by atoms with van der Waals surface area (Å²) >= 11 is 1.73. The van der Waals surface area contributed by atoms with E-state index in [2.05, 4.69) is 28.5 Å². The van der Waals surface area contributed by atoms with E-state index in [9.17, 15) is 19.5 Å². The number of carboxylic acids is 3. The highest BCUT2D eigenvalue weighted by molar-refractivity contribution is 7.09. The molecule has 3 rings (SSSR count). The number of nitrogens with zero attached hydrogens (tertiary/aromatic N) is 2. The van der Waals surface area contributed by atoms with Gasteiger partial charge in [-0.15, -0.1) is 11.3 Å². The molecule has 0 atom stereocenters. The lowest BCUT2D eigenvalue weighted by Gasteiger charge is -2.20. The second kappa shape index (κ2) is 13.5. The number of methoxy groups -OCH3 is 1. The van der Waals surface area contributed by atoms with Gasteiger partial charge in [0, 0.05) is 29.9 Å². The third-order valence-electron chi connectivity index (χ3n) is 5.01. The summed E-state index contributed by atoms with van der Waals surface area (Å²) in [7, 11) is 1.66. The molecule has 12 heteroatoms. The van der Waals surface area contributed by atoms with Gasteiger partial charge in [-0.25, -0.2) is 9.78 Å². The third kappa shape index (κ3) is 8.57. The van der Waals surface area contributed by atoms with Crippen LogP contribution in [0.2, 0.25) is 0 Å². The number of aliphatic hydroxyl groups excluding tert-OH is 1. The van der Waals surface area contributed by atoms with Gasteiger partial charge in [0.05, 0.1) is 32.3 Å². The van der Waals surface area contributed by atoms with Gasteiger partial charge in [0.1, 0.15) is 11.3 Å². The van der Waals surface area contributed by atoms with Gasteiger partial charge in [-0.3, -0.25) is 14.5 Å². The van der Waals surface area contributed by atoms with E-state index in [0.717, 1.165) is 28.9 Å². The van der Waals surface area contributed by atoms with Gasteiger partial charge < -0.3 is 30.3 Å². The molecular formula is C24H28N2O9S. The molecule has 0 bridgehead atoms. The molecule has 5 N–H and O–H groups in total. The number of thiophene rings is 1. The average molecular weight is 521 g/mol. The van der Waals surface area contributed by atoms with Crippen molar-refractivity contribution in [2.24, 2.45) is 0 Å². The highest BCUT2D eigenvalue weighted by Crippen LogP contribution is 2.24. The van der Waals surface area contributed by atoms with Gasteiger partial charge in [0.25, 0.3) is 0 Å². The van der Waals surface area contributed by atoms with E-state index >= 15 is 0 Å². The molecular weight excluding hydrogens is 492 g/mol. The van der Waals surface area contributed by atoms with Crippen molar-refractivity contribution in [3.63, 3.8) is 0 Å². The Labute approximate surface area is 210 Å². The molecule has 194 valence electrons. The number of carboxylic acid groups (broad SMARTS) is 3. The number of carbonyl (C=O) groups is 3. The summed E-state index contributed by atoms with van der Waals surface area (Å²) in [6, 6.07) is 14.2. The number of benzene rings is 1. The molecule has 0 saturated heterocycles. The number of para-hydroxylation sites is 1. The molecule has 0 saturated carbocycles. The van der Waals surface area contributed by atoms with Crippen molar-refractivity contribution < 1.29 is 44.7 Å². The summed E-state index contributed by atoms with van der Waals surface area (Å²) < 4.78 is 5.41. The topological polar surface area (TPSA) is 178 Å². The highest BCUT2D eigenvalue weighted by atomic mass is 32.1. The maximum absolute atomic E-state index is 10.3. The predicted octanol–water partition coefficient (Wildman–Crippen LogP) is 2.05. The van der Waals surface area contributed by atoms with E-state index in [-0.39, 0.29) is 6.61 Å². The van der Waals surface area contributed by atoms with Crippen molar-refractivity contribution >= 4 is 40.1 Å². The van der Waals surface area contributed by atoms with Crippen LogP contribution in [0.1, 0.15) is 23.4 Å². The molecule has 0 aliphatic rings. The van der Waals surface area contributed by atoms with Crippen LogP contribution >= 0.6 is 11.3 Å². The van der Waals surface area contributed by atoms with Crippen molar-refractivity contribution in [1.29, 1.82) is 0 Å². The summed E-state index contributed by atoms with van der Waals surface area (Å²) in [6.07, 6.45) is -2.29. The second-order valence-electron chi connectivity index (χ2n) is 7.83. The average Bonchev–Trinajstić information content (AvgIpc) is 3.31. The fourth-order valence-electron chi connectivity index (χ4n) is 3.33. The van der Waals surface area contributed by atoms with Gasteiger partial charge in [0.15, 0.2) is 5.60 Å². The number of aliphatic hydroxyl groups is 2. The van der Waals surface area contributed by atoms with Crippen LogP contribution in [-0.2, 0) is 27.5 Å². The van der Waals surface area contributed by atoms with E-state index < -0.39 is 36.4 Å². The zero-order valence-electron chi connectivity index (χ0n) is 19.5. The molecule has 0 fully saturated rings. The number of hydrogen-bond donors (Lipinski definition) is 5.